The van der Waals surface area contributed by atoms with E-state index in [4.69, 9.17) is 14.2 Å². The Hall–Kier alpha value is -3.95. The summed E-state index contributed by atoms with van der Waals surface area (Å²) in [5, 5.41) is 7.65. The molecule has 5 heterocycles. The van der Waals surface area contributed by atoms with Gasteiger partial charge in [-0.15, -0.1) is 0 Å². The highest BCUT2D eigenvalue weighted by atomic mass is 19.3. The molecule has 0 spiro atoms. The molecule has 3 aromatic heterocycles. The van der Waals surface area contributed by atoms with Gasteiger partial charge in [-0.1, -0.05) is 6.07 Å². The van der Waals surface area contributed by atoms with Gasteiger partial charge in [0, 0.05) is 45.5 Å². The number of morpholine rings is 2. The van der Waals surface area contributed by atoms with Crippen LogP contribution in [0.4, 0.5) is 26.4 Å². The molecule has 218 valence electrons. The number of fused-ring (bicyclic) bond motifs is 1. The highest BCUT2D eigenvalue weighted by Crippen LogP contribution is 2.32. The molecule has 0 aliphatic carbocycles. The summed E-state index contributed by atoms with van der Waals surface area (Å²) in [6.45, 7) is 7.31. The number of aryl methyl sites for hydroxylation is 1. The monoisotopic (exact) mass is 570 g/mol. The Morgan fingerprint density at radius 1 is 0.951 bits per heavy atom. The van der Waals surface area contributed by atoms with Gasteiger partial charge < -0.3 is 24.4 Å². The quantitative estimate of drug-likeness (QED) is 0.303. The highest BCUT2D eigenvalue weighted by molar-refractivity contribution is 5.84. The van der Waals surface area contributed by atoms with Gasteiger partial charge in [-0.05, 0) is 18.6 Å². The molecule has 1 N–H and O–H groups in total. The lowest BCUT2D eigenvalue weighted by atomic mass is 10.3. The molecule has 0 amide bonds. The minimum absolute atomic E-state index is 0.0212. The number of alkyl halides is 2. The Kier molecular flexibility index (Phi) is 8.16. The summed E-state index contributed by atoms with van der Waals surface area (Å²) in [5.41, 5.74) is 1.37. The molecule has 1 aromatic carbocycles. The normalized spacial score (nSPS) is 16.5. The molecule has 2 fully saturated rings. The van der Waals surface area contributed by atoms with Gasteiger partial charge in [-0.25, -0.2) is 13.8 Å². The fourth-order valence-electron chi connectivity index (χ4n) is 4.99. The van der Waals surface area contributed by atoms with Crippen LogP contribution in [0.5, 0.6) is 5.75 Å². The van der Waals surface area contributed by atoms with Crippen LogP contribution in [0.3, 0.4) is 0 Å². The molecule has 0 bridgehead atoms. The summed E-state index contributed by atoms with van der Waals surface area (Å²) in [5.74, 6) is 0.471. The largest absolute Gasteiger partial charge is 0.494 e. The Morgan fingerprint density at radius 3 is 2.46 bits per heavy atom. The van der Waals surface area contributed by atoms with E-state index in [-0.39, 0.29) is 11.9 Å². The summed E-state index contributed by atoms with van der Waals surface area (Å²) in [4.78, 5) is 22.3. The molecule has 15 heteroatoms. The van der Waals surface area contributed by atoms with Crippen molar-refractivity contribution >= 4 is 28.6 Å². The number of nitrogens with one attached hydrogen (secondary N) is 1. The van der Waals surface area contributed by atoms with E-state index < -0.39 is 12.2 Å². The Labute approximate surface area is 235 Å². The van der Waals surface area contributed by atoms with Crippen molar-refractivity contribution in [3.63, 3.8) is 0 Å². The van der Waals surface area contributed by atoms with E-state index in [2.05, 4.69) is 35.3 Å². The number of para-hydroxylation sites is 1. The van der Waals surface area contributed by atoms with Gasteiger partial charge in [0.25, 0.3) is 6.43 Å². The number of anilines is 3. The number of benzene rings is 1. The number of rotatable bonds is 10. The number of aromatic nitrogens is 7. The van der Waals surface area contributed by atoms with Crippen LogP contribution in [-0.4, -0.2) is 105 Å². The molecule has 0 unspecified atom stereocenters. The van der Waals surface area contributed by atoms with Gasteiger partial charge >= 0.3 is 0 Å². The second kappa shape index (κ2) is 12.3. The molecular formula is C26H32F2N10O3. The Bertz CT molecular complexity index is 1470. The third-order valence-electron chi connectivity index (χ3n) is 7.05. The van der Waals surface area contributed by atoms with Crippen LogP contribution in [0.1, 0.15) is 18.7 Å². The third-order valence-corrected chi connectivity index (χ3v) is 7.05. The number of hydrogen-bond donors (Lipinski definition) is 1. The summed E-state index contributed by atoms with van der Waals surface area (Å²) < 4.78 is 47.9. The van der Waals surface area contributed by atoms with Crippen LogP contribution in [-0.2, 0) is 16.0 Å². The molecular weight excluding hydrogens is 538 g/mol. The first kappa shape index (κ1) is 27.2. The maximum Gasteiger partial charge on any atom is 0.296 e. The van der Waals surface area contributed by atoms with Crippen molar-refractivity contribution in [2.24, 2.45) is 0 Å². The molecule has 13 nitrogen and oxygen atoms in total. The van der Waals surface area contributed by atoms with E-state index in [0.29, 0.717) is 54.7 Å². The number of methoxy groups -OCH3 is 1. The van der Waals surface area contributed by atoms with Gasteiger partial charge in [-0.3, -0.25) is 14.1 Å². The van der Waals surface area contributed by atoms with E-state index in [1.54, 1.807) is 24.4 Å². The van der Waals surface area contributed by atoms with E-state index >= 15 is 0 Å². The number of imidazole rings is 1. The van der Waals surface area contributed by atoms with Crippen LogP contribution < -0.4 is 15.0 Å². The minimum Gasteiger partial charge on any atom is -0.494 e. The lowest BCUT2D eigenvalue weighted by Crippen LogP contribution is -2.37. The minimum atomic E-state index is -2.87. The first-order valence-electron chi connectivity index (χ1n) is 13.6. The van der Waals surface area contributed by atoms with Crippen molar-refractivity contribution in [1.29, 1.82) is 0 Å². The van der Waals surface area contributed by atoms with Crippen molar-refractivity contribution in [3.05, 3.63) is 36.4 Å². The fourth-order valence-corrected chi connectivity index (χ4v) is 4.99. The topological polar surface area (TPSA) is 121 Å². The average molecular weight is 571 g/mol. The van der Waals surface area contributed by atoms with Gasteiger partial charge in [0.05, 0.1) is 50.9 Å². The first-order chi connectivity index (χ1) is 20.1. The predicted octanol–water partition coefficient (Wildman–Crippen LogP) is 2.66. The lowest BCUT2D eigenvalue weighted by Gasteiger charge is -2.27. The number of ether oxygens (including phenoxy) is 3. The van der Waals surface area contributed by atoms with Gasteiger partial charge in [0.15, 0.2) is 5.82 Å². The first-order valence-corrected chi connectivity index (χ1v) is 13.6. The molecule has 0 radical (unpaired) electrons. The van der Waals surface area contributed by atoms with Crippen LogP contribution in [0.2, 0.25) is 0 Å². The summed E-state index contributed by atoms with van der Waals surface area (Å²) in [6.07, 6.45) is 1.64. The van der Waals surface area contributed by atoms with E-state index in [1.807, 2.05) is 15.8 Å². The van der Waals surface area contributed by atoms with Crippen molar-refractivity contribution in [1.82, 2.24) is 39.2 Å². The van der Waals surface area contributed by atoms with Crippen molar-refractivity contribution in [2.75, 3.05) is 76.5 Å². The Balaban J connectivity index is 1.30. The van der Waals surface area contributed by atoms with E-state index in [0.717, 1.165) is 45.8 Å². The van der Waals surface area contributed by atoms with Gasteiger partial charge in [0.2, 0.25) is 17.8 Å². The molecule has 2 saturated heterocycles. The predicted molar refractivity (Wildman–Crippen MR) is 146 cm³/mol. The number of halogens is 2. The van der Waals surface area contributed by atoms with Crippen molar-refractivity contribution in [3.8, 4) is 11.7 Å². The molecule has 0 atom stereocenters. The maximum absolute atomic E-state index is 14.3. The Morgan fingerprint density at radius 2 is 1.71 bits per heavy atom. The van der Waals surface area contributed by atoms with E-state index in [9.17, 15) is 8.78 Å². The summed E-state index contributed by atoms with van der Waals surface area (Å²) in [6, 6.07) is 5.07. The molecule has 6 rings (SSSR count). The standard InChI is InChI=1S/C26H32F2N10O3/c1-39-20-5-2-4-19-21(20)31-23(22(27)28)38(19)26-33-24(32-25(34-26)36-10-14-41-15-11-36)30-18-16-29-37(17-18)7-3-6-35-8-12-40-13-9-35/h2,4-5,16-17,22H,3,6-15H2,1H3,(H,30,32,33,34). The van der Waals surface area contributed by atoms with Crippen molar-refractivity contribution < 1.29 is 23.0 Å². The molecule has 4 aromatic rings. The number of nitrogens with zero attached hydrogens (tertiary/aromatic N) is 9. The SMILES string of the molecule is COc1cccc2c1nc(C(F)F)n2-c1nc(Nc2cnn(CCCN3CCOCC3)c2)nc(N2CCOCC2)n1. The third kappa shape index (κ3) is 6.06. The van der Waals surface area contributed by atoms with Crippen LogP contribution in [0.25, 0.3) is 17.0 Å². The summed E-state index contributed by atoms with van der Waals surface area (Å²) >= 11 is 0. The van der Waals surface area contributed by atoms with Crippen LogP contribution in [0, 0.1) is 0 Å². The van der Waals surface area contributed by atoms with Crippen LogP contribution in [0.15, 0.2) is 30.6 Å². The molecule has 2 aliphatic heterocycles. The second-order valence-corrected chi connectivity index (χ2v) is 9.72. The summed E-state index contributed by atoms with van der Waals surface area (Å²) in [7, 11) is 1.47. The zero-order valence-electron chi connectivity index (χ0n) is 22.7. The molecule has 2 aliphatic rings. The fraction of sp³-hybridized carbons (Fsp3) is 0.500. The van der Waals surface area contributed by atoms with Crippen molar-refractivity contribution in [2.45, 2.75) is 19.4 Å². The van der Waals surface area contributed by atoms with Gasteiger partial charge in [0.1, 0.15) is 11.3 Å². The second-order valence-electron chi connectivity index (χ2n) is 9.72. The molecule has 0 saturated carbocycles. The van der Waals surface area contributed by atoms with Gasteiger partial charge in [-0.2, -0.15) is 20.1 Å². The lowest BCUT2D eigenvalue weighted by molar-refractivity contribution is 0.0368. The van der Waals surface area contributed by atoms with E-state index in [1.165, 1.54) is 11.7 Å². The zero-order valence-corrected chi connectivity index (χ0v) is 22.7. The maximum atomic E-state index is 14.3. The smallest absolute Gasteiger partial charge is 0.296 e. The van der Waals surface area contributed by atoms with Crippen LogP contribution >= 0.6 is 0 Å². The highest BCUT2D eigenvalue weighted by Gasteiger charge is 2.26. The average Bonchev–Trinajstić information content (AvgIpc) is 3.62. The zero-order chi connectivity index (χ0) is 28.2. The molecule has 41 heavy (non-hydrogen) atoms. The number of hydrogen-bond acceptors (Lipinski definition) is 11.